The predicted octanol–water partition coefficient (Wildman–Crippen LogP) is 3.53. The van der Waals surface area contributed by atoms with Gasteiger partial charge in [-0.2, -0.15) is 0 Å². The number of unbranched alkanes of at least 4 members (excludes halogenated alkanes) is 2. The molecule has 3 aromatic rings. The first-order valence-electron chi connectivity index (χ1n) is 11.4. The number of hydrogen-bond acceptors (Lipinski definition) is 6. The molecule has 0 aliphatic carbocycles. The minimum Gasteiger partial charge on any atom is -0.458 e. The predicted molar refractivity (Wildman–Crippen MR) is 122 cm³/mol. The van der Waals surface area contributed by atoms with Crippen molar-refractivity contribution in [3.05, 3.63) is 56.6 Å². The van der Waals surface area contributed by atoms with Gasteiger partial charge in [-0.15, -0.1) is 0 Å². The van der Waals surface area contributed by atoms with E-state index in [1.807, 2.05) is 0 Å². The molecule has 0 fully saturated rings. The molecule has 0 unspecified atom stereocenters. The molecular formula is C25H26FN3O4. The van der Waals surface area contributed by atoms with Crippen molar-refractivity contribution in [1.82, 2.24) is 9.55 Å². The van der Waals surface area contributed by atoms with Crippen molar-refractivity contribution in [2.24, 2.45) is 0 Å². The van der Waals surface area contributed by atoms with Gasteiger partial charge < -0.3 is 20.1 Å². The van der Waals surface area contributed by atoms with E-state index in [-0.39, 0.29) is 35.4 Å². The van der Waals surface area contributed by atoms with Crippen LogP contribution in [0.15, 0.2) is 23.0 Å². The highest BCUT2D eigenvalue weighted by molar-refractivity contribution is 5.91. The first-order chi connectivity index (χ1) is 15.8. The number of anilines is 1. The molecule has 0 saturated carbocycles. The molecule has 7 nitrogen and oxygen atoms in total. The number of cyclic esters (lactones) is 1. The fourth-order valence-corrected chi connectivity index (χ4v) is 5.04. The third-order valence-electron chi connectivity index (χ3n) is 6.95. The van der Waals surface area contributed by atoms with Gasteiger partial charge in [0.05, 0.1) is 34.7 Å². The summed E-state index contributed by atoms with van der Waals surface area (Å²) in [6.07, 6.45) is 3.87. The minimum atomic E-state index is -1.88. The largest absolute Gasteiger partial charge is 0.458 e. The molecule has 172 valence electrons. The molecule has 1 atom stereocenters. The Balaban J connectivity index is 1.78. The molecule has 0 radical (unpaired) electrons. The van der Waals surface area contributed by atoms with E-state index >= 15 is 0 Å². The van der Waals surface area contributed by atoms with Gasteiger partial charge in [0.1, 0.15) is 12.4 Å². The summed E-state index contributed by atoms with van der Waals surface area (Å²) in [7, 11) is 0. The lowest BCUT2D eigenvalue weighted by Crippen LogP contribution is -2.44. The van der Waals surface area contributed by atoms with E-state index in [2.05, 4.69) is 6.92 Å². The molecular weight excluding hydrogens is 425 g/mol. The van der Waals surface area contributed by atoms with E-state index < -0.39 is 17.4 Å². The van der Waals surface area contributed by atoms with Crippen LogP contribution in [0.4, 0.5) is 10.1 Å². The van der Waals surface area contributed by atoms with Gasteiger partial charge in [-0.05, 0) is 37.0 Å². The Bertz CT molecular complexity index is 1380. The average molecular weight is 451 g/mol. The Labute approximate surface area is 190 Å². The summed E-state index contributed by atoms with van der Waals surface area (Å²) in [4.78, 5) is 30.5. The molecule has 33 heavy (non-hydrogen) atoms. The van der Waals surface area contributed by atoms with Gasteiger partial charge in [0.15, 0.2) is 5.60 Å². The molecule has 0 spiro atoms. The SMILES string of the molecule is CCCCCc1c2c(nc3cc(F)c(N)cc13)-c1cc3c(c(=O)n1C2)COC(=O)[C@]3(O)CC. The molecule has 0 bridgehead atoms. The summed E-state index contributed by atoms with van der Waals surface area (Å²) in [5.74, 6) is -1.30. The number of aryl methyl sites for hydroxylation is 1. The number of esters is 1. The van der Waals surface area contributed by atoms with Crippen molar-refractivity contribution in [1.29, 1.82) is 0 Å². The quantitative estimate of drug-likeness (QED) is 0.273. The van der Waals surface area contributed by atoms with E-state index in [9.17, 15) is 19.1 Å². The van der Waals surface area contributed by atoms with E-state index in [0.717, 1.165) is 42.2 Å². The fraction of sp³-hybridized carbons (Fsp3) is 0.400. The number of aromatic nitrogens is 2. The molecule has 8 heteroatoms. The van der Waals surface area contributed by atoms with Crippen LogP contribution in [0.25, 0.3) is 22.3 Å². The van der Waals surface area contributed by atoms with Crippen molar-refractivity contribution in [2.75, 3.05) is 5.73 Å². The van der Waals surface area contributed by atoms with Crippen LogP contribution in [-0.2, 0) is 34.7 Å². The highest BCUT2D eigenvalue weighted by Crippen LogP contribution is 2.41. The summed E-state index contributed by atoms with van der Waals surface area (Å²) in [6, 6.07) is 4.63. The minimum absolute atomic E-state index is 0.0628. The number of carbonyl (C=O) groups is 1. The van der Waals surface area contributed by atoms with E-state index in [1.54, 1.807) is 23.6 Å². The van der Waals surface area contributed by atoms with Crippen molar-refractivity contribution >= 4 is 22.6 Å². The van der Waals surface area contributed by atoms with Crippen LogP contribution < -0.4 is 11.3 Å². The summed E-state index contributed by atoms with van der Waals surface area (Å²) in [5.41, 5.74) is 7.76. The van der Waals surface area contributed by atoms with Crippen LogP contribution >= 0.6 is 0 Å². The molecule has 2 aliphatic rings. The number of hydrogen-bond donors (Lipinski definition) is 2. The second-order valence-electron chi connectivity index (χ2n) is 8.87. The van der Waals surface area contributed by atoms with Crippen molar-refractivity contribution < 1.29 is 19.0 Å². The van der Waals surface area contributed by atoms with Crippen molar-refractivity contribution in [3.8, 4) is 11.4 Å². The maximum absolute atomic E-state index is 14.3. The second kappa shape index (κ2) is 7.66. The first-order valence-corrected chi connectivity index (χ1v) is 11.4. The van der Waals surface area contributed by atoms with Crippen LogP contribution in [0.5, 0.6) is 0 Å². The average Bonchev–Trinajstić information content (AvgIpc) is 3.16. The number of carbonyl (C=O) groups excluding carboxylic acids is 1. The number of nitrogen functional groups attached to an aromatic ring is 1. The Hall–Kier alpha value is -3.26. The zero-order valence-electron chi connectivity index (χ0n) is 18.7. The molecule has 0 saturated heterocycles. The Kier molecular flexibility index (Phi) is 5.01. The number of aliphatic hydroxyl groups is 1. The number of nitrogens with two attached hydrogens (primary N) is 1. The Morgan fingerprint density at radius 1 is 1.21 bits per heavy atom. The molecule has 2 aromatic heterocycles. The number of halogens is 1. The molecule has 2 aliphatic heterocycles. The van der Waals surface area contributed by atoms with Crippen LogP contribution in [0.2, 0.25) is 0 Å². The van der Waals surface area contributed by atoms with Gasteiger partial charge in [0.25, 0.3) is 5.56 Å². The number of pyridine rings is 2. The van der Waals surface area contributed by atoms with E-state index in [4.69, 9.17) is 15.5 Å². The van der Waals surface area contributed by atoms with Gasteiger partial charge in [0.2, 0.25) is 0 Å². The molecule has 3 N–H and O–H groups in total. The number of ether oxygens (including phenoxy) is 1. The lowest BCUT2D eigenvalue weighted by atomic mass is 9.86. The molecule has 0 amide bonds. The van der Waals surface area contributed by atoms with Crippen LogP contribution in [0.3, 0.4) is 0 Å². The zero-order valence-corrected chi connectivity index (χ0v) is 18.7. The highest BCUT2D eigenvalue weighted by atomic mass is 19.1. The monoisotopic (exact) mass is 451 g/mol. The van der Waals surface area contributed by atoms with Crippen LogP contribution in [0, 0.1) is 5.82 Å². The summed E-state index contributed by atoms with van der Waals surface area (Å²) in [6.45, 7) is 3.93. The standard InChI is InChI=1S/C25H26FN3O4/c1-3-5-6-7-13-14-8-19(27)18(26)10-20(14)28-22-15(13)11-29-21(22)9-17-16(23(29)30)12-33-24(31)25(17,32)4-2/h8-10,32H,3-7,11-12,27H2,1-2H3/t25-/m0/s1. The molecule has 1 aromatic carbocycles. The normalized spacial score (nSPS) is 18.7. The Morgan fingerprint density at radius 3 is 2.73 bits per heavy atom. The lowest BCUT2D eigenvalue weighted by Gasteiger charge is -2.31. The number of nitrogens with zero attached hydrogens (tertiary/aromatic N) is 2. The topological polar surface area (TPSA) is 107 Å². The first kappa shape index (κ1) is 21.6. The number of fused-ring (bicyclic) bond motifs is 5. The Morgan fingerprint density at radius 2 is 2.00 bits per heavy atom. The lowest BCUT2D eigenvalue weighted by molar-refractivity contribution is -0.172. The van der Waals surface area contributed by atoms with Crippen molar-refractivity contribution in [3.63, 3.8) is 0 Å². The van der Waals surface area contributed by atoms with Gasteiger partial charge in [-0.3, -0.25) is 4.79 Å². The molecule has 4 heterocycles. The summed E-state index contributed by atoms with van der Waals surface area (Å²) < 4.78 is 21.0. The summed E-state index contributed by atoms with van der Waals surface area (Å²) in [5, 5.41) is 11.8. The van der Waals surface area contributed by atoms with E-state index in [0.29, 0.717) is 23.4 Å². The highest BCUT2D eigenvalue weighted by Gasteiger charge is 2.45. The third kappa shape index (κ3) is 3.08. The van der Waals surface area contributed by atoms with Crippen LogP contribution in [0.1, 0.15) is 61.8 Å². The zero-order chi connectivity index (χ0) is 23.5. The van der Waals surface area contributed by atoms with E-state index in [1.165, 1.54) is 6.07 Å². The number of benzene rings is 1. The third-order valence-corrected chi connectivity index (χ3v) is 6.95. The van der Waals surface area contributed by atoms with Gasteiger partial charge in [-0.1, -0.05) is 26.7 Å². The second-order valence-corrected chi connectivity index (χ2v) is 8.87. The maximum atomic E-state index is 14.3. The molecule has 5 rings (SSSR count). The number of rotatable bonds is 5. The van der Waals surface area contributed by atoms with Gasteiger partial charge >= 0.3 is 5.97 Å². The maximum Gasteiger partial charge on any atom is 0.343 e. The van der Waals surface area contributed by atoms with Gasteiger partial charge in [-0.25, -0.2) is 14.2 Å². The van der Waals surface area contributed by atoms with Crippen LogP contribution in [-0.4, -0.2) is 20.6 Å². The smallest absolute Gasteiger partial charge is 0.343 e. The van der Waals surface area contributed by atoms with Crippen molar-refractivity contribution in [2.45, 2.75) is 64.7 Å². The summed E-state index contributed by atoms with van der Waals surface area (Å²) >= 11 is 0. The fourth-order valence-electron chi connectivity index (χ4n) is 5.04. The van der Waals surface area contributed by atoms with Gasteiger partial charge in [0, 0.05) is 22.6 Å².